The molecule has 0 spiro atoms. The van der Waals surface area contributed by atoms with Gasteiger partial charge < -0.3 is 15.0 Å². The van der Waals surface area contributed by atoms with E-state index in [-0.39, 0.29) is 22.1 Å². The number of aromatic nitrogens is 3. The van der Waals surface area contributed by atoms with Crippen LogP contribution in [-0.2, 0) is 26.9 Å². The SMILES string of the molecule is CCn1c(CS(=O)(=O)c2ccccc2)nnc1SC(C)C(=O)Nc1ccc(C(=O)O)cc1. The van der Waals surface area contributed by atoms with Gasteiger partial charge in [-0.2, -0.15) is 0 Å². The summed E-state index contributed by atoms with van der Waals surface area (Å²) in [7, 11) is -3.58. The number of sulfone groups is 1. The van der Waals surface area contributed by atoms with E-state index in [4.69, 9.17) is 5.11 Å². The van der Waals surface area contributed by atoms with Crippen molar-refractivity contribution in [1.82, 2.24) is 14.8 Å². The van der Waals surface area contributed by atoms with Gasteiger partial charge in [-0.3, -0.25) is 4.79 Å². The van der Waals surface area contributed by atoms with Crippen LogP contribution in [-0.4, -0.2) is 45.4 Å². The minimum Gasteiger partial charge on any atom is -0.478 e. The van der Waals surface area contributed by atoms with E-state index >= 15 is 0 Å². The van der Waals surface area contributed by atoms with Crippen LogP contribution in [0.25, 0.3) is 0 Å². The van der Waals surface area contributed by atoms with Gasteiger partial charge in [0, 0.05) is 12.2 Å². The Morgan fingerprint density at radius 1 is 1.09 bits per heavy atom. The van der Waals surface area contributed by atoms with Crippen molar-refractivity contribution in [1.29, 1.82) is 0 Å². The number of nitrogens with zero attached hydrogens (tertiary/aromatic N) is 3. The van der Waals surface area contributed by atoms with Crippen molar-refractivity contribution in [2.75, 3.05) is 5.32 Å². The van der Waals surface area contributed by atoms with Crippen molar-refractivity contribution >= 4 is 39.2 Å². The average Bonchev–Trinajstić information content (AvgIpc) is 3.14. The summed E-state index contributed by atoms with van der Waals surface area (Å²) >= 11 is 1.16. The Hall–Kier alpha value is -3.18. The molecule has 0 radical (unpaired) electrons. The molecule has 168 valence electrons. The van der Waals surface area contributed by atoms with Crippen LogP contribution in [0.15, 0.2) is 64.6 Å². The van der Waals surface area contributed by atoms with Crippen LogP contribution in [0.3, 0.4) is 0 Å². The van der Waals surface area contributed by atoms with E-state index in [2.05, 4.69) is 15.5 Å². The summed E-state index contributed by atoms with van der Waals surface area (Å²) in [5, 5.41) is 19.7. The normalized spacial score (nSPS) is 12.3. The first-order valence-electron chi connectivity index (χ1n) is 9.72. The number of benzene rings is 2. The highest BCUT2D eigenvalue weighted by Gasteiger charge is 2.23. The quantitative estimate of drug-likeness (QED) is 0.452. The smallest absolute Gasteiger partial charge is 0.335 e. The van der Waals surface area contributed by atoms with Crippen LogP contribution in [0, 0.1) is 0 Å². The lowest BCUT2D eigenvalue weighted by Crippen LogP contribution is -2.23. The Kier molecular flexibility index (Phi) is 7.31. The van der Waals surface area contributed by atoms with Crippen LogP contribution in [0.1, 0.15) is 30.0 Å². The molecule has 3 aromatic rings. The lowest BCUT2D eigenvalue weighted by molar-refractivity contribution is -0.115. The first kappa shape index (κ1) is 23.5. The Morgan fingerprint density at radius 2 is 1.75 bits per heavy atom. The number of carbonyl (C=O) groups is 2. The van der Waals surface area contributed by atoms with Crippen LogP contribution in [0.2, 0.25) is 0 Å². The van der Waals surface area contributed by atoms with Gasteiger partial charge in [-0.05, 0) is 50.2 Å². The van der Waals surface area contributed by atoms with Crippen LogP contribution in [0.5, 0.6) is 0 Å². The van der Waals surface area contributed by atoms with Gasteiger partial charge in [0.05, 0.1) is 15.7 Å². The van der Waals surface area contributed by atoms with Gasteiger partial charge in [-0.25, -0.2) is 13.2 Å². The lowest BCUT2D eigenvalue weighted by Gasteiger charge is -2.13. The highest BCUT2D eigenvalue weighted by molar-refractivity contribution is 8.00. The fraction of sp³-hybridized carbons (Fsp3) is 0.238. The monoisotopic (exact) mass is 474 g/mol. The van der Waals surface area contributed by atoms with E-state index in [9.17, 15) is 18.0 Å². The molecule has 1 heterocycles. The van der Waals surface area contributed by atoms with Gasteiger partial charge in [0.1, 0.15) is 11.6 Å². The molecule has 0 saturated heterocycles. The summed E-state index contributed by atoms with van der Waals surface area (Å²) in [4.78, 5) is 23.7. The predicted molar refractivity (Wildman–Crippen MR) is 120 cm³/mol. The second kappa shape index (κ2) is 9.96. The Balaban J connectivity index is 1.70. The maximum absolute atomic E-state index is 12.7. The Morgan fingerprint density at radius 3 is 2.34 bits per heavy atom. The average molecular weight is 475 g/mol. The minimum atomic E-state index is -3.58. The fourth-order valence-electron chi connectivity index (χ4n) is 2.86. The third-order valence-electron chi connectivity index (χ3n) is 4.58. The Bertz CT molecular complexity index is 1210. The van der Waals surface area contributed by atoms with Gasteiger partial charge in [0.15, 0.2) is 15.0 Å². The molecule has 32 heavy (non-hydrogen) atoms. The lowest BCUT2D eigenvalue weighted by atomic mass is 10.2. The number of thioether (sulfide) groups is 1. The van der Waals surface area contributed by atoms with E-state index < -0.39 is 21.1 Å². The summed E-state index contributed by atoms with van der Waals surface area (Å²) in [6.45, 7) is 3.99. The van der Waals surface area contributed by atoms with Gasteiger partial charge >= 0.3 is 5.97 Å². The molecule has 3 rings (SSSR count). The minimum absolute atomic E-state index is 0.124. The number of rotatable bonds is 9. The molecule has 0 aliphatic heterocycles. The molecule has 2 N–H and O–H groups in total. The van der Waals surface area contributed by atoms with Gasteiger partial charge in [-0.15, -0.1) is 10.2 Å². The molecule has 11 heteroatoms. The fourth-order valence-corrected chi connectivity index (χ4v) is 5.09. The van der Waals surface area contributed by atoms with Crippen molar-refractivity contribution in [2.45, 2.75) is 41.4 Å². The zero-order chi connectivity index (χ0) is 23.3. The summed E-state index contributed by atoms with van der Waals surface area (Å²) in [5.41, 5.74) is 0.596. The highest BCUT2D eigenvalue weighted by Crippen LogP contribution is 2.25. The molecule has 2 aromatic carbocycles. The number of nitrogens with one attached hydrogen (secondary N) is 1. The standard InChI is InChI=1S/C21H22N4O5S2/c1-3-25-18(13-32(29,30)17-7-5-4-6-8-17)23-24-21(25)31-14(2)19(26)22-16-11-9-15(10-12-16)20(27)28/h4-12,14H,3,13H2,1-2H3,(H,22,26)(H,27,28). The van der Waals surface area contributed by atoms with Gasteiger partial charge in [-0.1, -0.05) is 30.0 Å². The number of hydrogen-bond acceptors (Lipinski definition) is 7. The molecule has 0 bridgehead atoms. The van der Waals surface area contributed by atoms with E-state index in [1.165, 1.54) is 36.4 Å². The molecule has 0 fully saturated rings. The molecule has 1 amide bonds. The van der Waals surface area contributed by atoms with Crippen molar-refractivity contribution in [3.8, 4) is 0 Å². The molecule has 0 saturated carbocycles. The topological polar surface area (TPSA) is 131 Å². The van der Waals surface area contributed by atoms with Gasteiger partial charge in [0.2, 0.25) is 5.91 Å². The summed E-state index contributed by atoms with van der Waals surface area (Å²) in [6, 6.07) is 14.0. The highest BCUT2D eigenvalue weighted by atomic mass is 32.2. The van der Waals surface area contributed by atoms with Gasteiger partial charge in [0.25, 0.3) is 0 Å². The van der Waals surface area contributed by atoms with Crippen LogP contribution >= 0.6 is 11.8 Å². The Labute approximate surface area is 189 Å². The molecule has 1 unspecified atom stereocenters. The molecule has 1 aromatic heterocycles. The second-order valence-corrected chi connectivity index (χ2v) is 10.1. The third-order valence-corrected chi connectivity index (χ3v) is 7.29. The number of carboxylic acids is 1. The van der Waals surface area contributed by atoms with Crippen molar-refractivity contribution in [2.24, 2.45) is 0 Å². The van der Waals surface area contributed by atoms with Crippen molar-refractivity contribution in [3.05, 3.63) is 66.0 Å². The van der Waals surface area contributed by atoms with Crippen molar-refractivity contribution < 1.29 is 23.1 Å². The molecular weight excluding hydrogens is 452 g/mol. The van der Waals surface area contributed by atoms with E-state index in [1.807, 2.05) is 6.92 Å². The maximum Gasteiger partial charge on any atom is 0.335 e. The summed E-state index contributed by atoms with van der Waals surface area (Å²) < 4.78 is 27.1. The van der Waals surface area contributed by atoms with E-state index in [0.29, 0.717) is 23.2 Å². The molecule has 9 nitrogen and oxygen atoms in total. The van der Waals surface area contributed by atoms with E-state index in [1.54, 1.807) is 29.7 Å². The maximum atomic E-state index is 12.7. The van der Waals surface area contributed by atoms with Crippen LogP contribution < -0.4 is 5.32 Å². The third kappa shape index (κ3) is 5.54. The zero-order valence-corrected chi connectivity index (χ0v) is 19.1. The largest absolute Gasteiger partial charge is 0.478 e. The van der Waals surface area contributed by atoms with Crippen molar-refractivity contribution in [3.63, 3.8) is 0 Å². The summed E-state index contributed by atoms with van der Waals surface area (Å²) in [5.74, 6) is -1.34. The first-order valence-corrected chi connectivity index (χ1v) is 12.2. The number of anilines is 1. The predicted octanol–water partition coefficient (Wildman–Crippen LogP) is 3.09. The molecule has 0 aliphatic rings. The number of carbonyl (C=O) groups excluding carboxylic acids is 1. The zero-order valence-electron chi connectivity index (χ0n) is 17.4. The number of carboxylic acid groups (broad SMARTS) is 1. The summed E-state index contributed by atoms with van der Waals surface area (Å²) in [6.07, 6.45) is 0. The second-order valence-electron chi connectivity index (χ2n) is 6.85. The van der Waals surface area contributed by atoms with Crippen LogP contribution in [0.4, 0.5) is 5.69 Å². The number of aromatic carboxylic acids is 1. The number of hydrogen-bond donors (Lipinski definition) is 2. The first-order chi connectivity index (χ1) is 15.2. The molecular formula is C21H22N4O5S2. The molecule has 0 aliphatic carbocycles. The number of amides is 1. The molecule has 1 atom stereocenters. The van der Waals surface area contributed by atoms with E-state index in [0.717, 1.165) is 11.8 Å².